The summed E-state index contributed by atoms with van der Waals surface area (Å²) in [7, 11) is 0. The van der Waals surface area contributed by atoms with E-state index in [-0.39, 0.29) is 18.1 Å². The van der Waals surface area contributed by atoms with Crippen LogP contribution >= 0.6 is 15.9 Å². The first-order chi connectivity index (χ1) is 8.08. The van der Waals surface area contributed by atoms with Crippen LogP contribution in [0.4, 0.5) is 0 Å². The van der Waals surface area contributed by atoms with Gasteiger partial charge in [0.05, 0.1) is 17.8 Å². The minimum absolute atomic E-state index is 0.00646. The van der Waals surface area contributed by atoms with Crippen LogP contribution in [0, 0.1) is 0 Å². The van der Waals surface area contributed by atoms with Crippen LogP contribution in [0.15, 0.2) is 22.9 Å². The molecule has 2 rings (SSSR count). The Kier molecular flexibility index (Phi) is 3.79. The highest BCUT2D eigenvalue weighted by molar-refractivity contribution is 9.10. The number of ether oxygens (including phenoxy) is 1. The Hall–Kier alpha value is -0.940. The molecule has 1 aliphatic heterocycles. The lowest BCUT2D eigenvalue weighted by atomic mass is 10.2. The summed E-state index contributed by atoms with van der Waals surface area (Å²) in [6.45, 7) is 5.22. The van der Waals surface area contributed by atoms with Gasteiger partial charge < -0.3 is 9.64 Å². The molecule has 92 valence electrons. The molecule has 5 heteroatoms. The maximum Gasteiger partial charge on any atom is 0.256 e. The Labute approximate surface area is 109 Å². The first-order valence-electron chi connectivity index (χ1n) is 5.63. The van der Waals surface area contributed by atoms with Gasteiger partial charge in [0.1, 0.15) is 4.60 Å². The molecule has 2 atom stereocenters. The van der Waals surface area contributed by atoms with E-state index >= 15 is 0 Å². The van der Waals surface area contributed by atoms with Gasteiger partial charge >= 0.3 is 0 Å². The average Bonchev–Trinajstić information content (AvgIpc) is 2.27. The monoisotopic (exact) mass is 298 g/mol. The van der Waals surface area contributed by atoms with Gasteiger partial charge in [0.15, 0.2) is 0 Å². The molecule has 1 aliphatic rings. The first kappa shape index (κ1) is 12.5. The van der Waals surface area contributed by atoms with Crippen LogP contribution in [0.1, 0.15) is 24.2 Å². The molecule has 1 saturated heterocycles. The van der Waals surface area contributed by atoms with Crippen molar-refractivity contribution < 1.29 is 9.53 Å². The smallest absolute Gasteiger partial charge is 0.256 e. The molecular weight excluding hydrogens is 284 g/mol. The molecule has 0 aliphatic carbocycles. The van der Waals surface area contributed by atoms with E-state index in [0.717, 1.165) is 0 Å². The van der Waals surface area contributed by atoms with Crippen molar-refractivity contribution in [2.24, 2.45) is 0 Å². The van der Waals surface area contributed by atoms with E-state index in [4.69, 9.17) is 4.74 Å². The van der Waals surface area contributed by atoms with Crippen LogP contribution in [-0.2, 0) is 4.74 Å². The van der Waals surface area contributed by atoms with Crippen molar-refractivity contribution in [1.29, 1.82) is 0 Å². The van der Waals surface area contributed by atoms with Crippen molar-refractivity contribution in [3.8, 4) is 0 Å². The number of rotatable bonds is 1. The van der Waals surface area contributed by atoms with Gasteiger partial charge in [0, 0.05) is 19.3 Å². The second-order valence-electron chi connectivity index (χ2n) is 4.31. The summed E-state index contributed by atoms with van der Waals surface area (Å²) < 4.78 is 6.21. The Morgan fingerprint density at radius 1 is 1.47 bits per heavy atom. The van der Waals surface area contributed by atoms with Gasteiger partial charge in [0.25, 0.3) is 5.91 Å². The largest absolute Gasteiger partial charge is 0.372 e. The number of hydrogen-bond acceptors (Lipinski definition) is 3. The summed E-state index contributed by atoms with van der Waals surface area (Å²) in [5, 5.41) is 0. The van der Waals surface area contributed by atoms with Crippen LogP contribution in [0.2, 0.25) is 0 Å². The second kappa shape index (κ2) is 5.14. The van der Waals surface area contributed by atoms with Crippen LogP contribution in [0.3, 0.4) is 0 Å². The van der Waals surface area contributed by atoms with Gasteiger partial charge in [-0.05, 0) is 41.9 Å². The maximum atomic E-state index is 12.3. The Bertz CT molecular complexity index is 415. The van der Waals surface area contributed by atoms with Gasteiger partial charge in [0.2, 0.25) is 0 Å². The van der Waals surface area contributed by atoms with Crippen molar-refractivity contribution in [1.82, 2.24) is 9.88 Å². The van der Waals surface area contributed by atoms with E-state index in [0.29, 0.717) is 23.3 Å². The summed E-state index contributed by atoms with van der Waals surface area (Å²) in [5.41, 5.74) is 0.605. The van der Waals surface area contributed by atoms with E-state index in [2.05, 4.69) is 20.9 Å². The molecule has 1 fully saturated rings. The molecule has 0 N–H and O–H groups in total. The number of carbonyl (C=O) groups is 1. The van der Waals surface area contributed by atoms with Crippen LogP contribution in [-0.4, -0.2) is 41.1 Å². The predicted octanol–water partition coefficient (Wildman–Crippen LogP) is 2.09. The minimum atomic E-state index is 0.00646. The zero-order valence-corrected chi connectivity index (χ0v) is 11.5. The fourth-order valence-electron chi connectivity index (χ4n) is 2.06. The van der Waals surface area contributed by atoms with Crippen molar-refractivity contribution in [3.05, 3.63) is 28.5 Å². The highest BCUT2D eigenvalue weighted by Gasteiger charge is 2.27. The molecule has 1 aromatic rings. The standard InChI is InChI=1S/C12H15BrN2O2/c1-8-6-15(7-9(2)17-8)12(16)10-4-3-5-14-11(10)13/h3-5,8-9H,6-7H2,1-2H3. The highest BCUT2D eigenvalue weighted by atomic mass is 79.9. The molecule has 1 amide bonds. The Morgan fingerprint density at radius 2 is 2.12 bits per heavy atom. The summed E-state index contributed by atoms with van der Waals surface area (Å²) in [5.74, 6) is 0.00646. The summed E-state index contributed by atoms with van der Waals surface area (Å²) in [6, 6.07) is 3.55. The van der Waals surface area contributed by atoms with E-state index in [1.165, 1.54) is 0 Å². The van der Waals surface area contributed by atoms with E-state index in [1.54, 1.807) is 18.3 Å². The molecule has 4 nitrogen and oxygen atoms in total. The third-order valence-electron chi connectivity index (χ3n) is 2.70. The van der Waals surface area contributed by atoms with Gasteiger partial charge in [-0.1, -0.05) is 0 Å². The van der Waals surface area contributed by atoms with Crippen LogP contribution in [0.25, 0.3) is 0 Å². The first-order valence-corrected chi connectivity index (χ1v) is 6.42. The number of halogens is 1. The van der Waals surface area contributed by atoms with Crippen molar-refractivity contribution in [2.75, 3.05) is 13.1 Å². The van der Waals surface area contributed by atoms with Crippen molar-refractivity contribution in [2.45, 2.75) is 26.1 Å². The minimum Gasteiger partial charge on any atom is -0.372 e. The van der Waals surface area contributed by atoms with Gasteiger partial charge in [-0.2, -0.15) is 0 Å². The van der Waals surface area contributed by atoms with E-state index in [1.807, 2.05) is 18.7 Å². The maximum absolute atomic E-state index is 12.3. The summed E-state index contributed by atoms with van der Waals surface area (Å²) in [6.07, 6.45) is 1.82. The number of morpholine rings is 1. The molecule has 0 bridgehead atoms. The van der Waals surface area contributed by atoms with Crippen molar-refractivity contribution >= 4 is 21.8 Å². The topological polar surface area (TPSA) is 42.4 Å². The lowest BCUT2D eigenvalue weighted by Crippen LogP contribution is -2.48. The van der Waals surface area contributed by atoms with Gasteiger partial charge in [-0.25, -0.2) is 4.98 Å². The highest BCUT2D eigenvalue weighted by Crippen LogP contribution is 2.18. The quantitative estimate of drug-likeness (QED) is 0.746. The third-order valence-corrected chi connectivity index (χ3v) is 3.33. The van der Waals surface area contributed by atoms with E-state index < -0.39 is 0 Å². The Morgan fingerprint density at radius 3 is 2.71 bits per heavy atom. The lowest BCUT2D eigenvalue weighted by molar-refractivity contribution is -0.0586. The van der Waals surface area contributed by atoms with Crippen molar-refractivity contribution in [3.63, 3.8) is 0 Å². The molecule has 2 heterocycles. The molecule has 1 aromatic heterocycles. The number of aromatic nitrogens is 1. The number of pyridine rings is 1. The molecule has 2 unspecified atom stereocenters. The van der Waals surface area contributed by atoms with Crippen LogP contribution < -0.4 is 0 Å². The number of carbonyl (C=O) groups excluding carboxylic acids is 1. The fourth-order valence-corrected chi connectivity index (χ4v) is 2.48. The third kappa shape index (κ3) is 2.84. The molecular formula is C12H15BrN2O2. The fraction of sp³-hybridized carbons (Fsp3) is 0.500. The summed E-state index contributed by atoms with van der Waals surface area (Å²) >= 11 is 3.30. The predicted molar refractivity (Wildman–Crippen MR) is 67.8 cm³/mol. The average molecular weight is 299 g/mol. The second-order valence-corrected chi connectivity index (χ2v) is 5.06. The molecule has 0 saturated carbocycles. The van der Waals surface area contributed by atoms with E-state index in [9.17, 15) is 4.79 Å². The molecule has 0 aromatic carbocycles. The zero-order chi connectivity index (χ0) is 12.4. The summed E-state index contributed by atoms with van der Waals surface area (Å²) in [4.78, 5) is 18.2. The SMILES string of the molecule is CC1CN(C(=O)c2cccnc2Br)CC(C)O1. The van der Waals surface area contributed by atoms with Crippen LogP contribution in [0.5, 0.6) is 0 Å². The normalized spacial score (nSPS) is 24.8. The molecule has 17 heavy (non-hydrogen) atoms. The zero-order valence-electron chi connectivity index (χ0n) is 9.89. The number of amides is 1. The number of hydrogen-bond donors (Lipinski definition) is 0. The number of nitrogens with zero attached hydrogens (tertiary/aromatic N) is 2. The van der Waals surface area contributed by atoms with Gasteiger partial charge in [-0.3, -0.25) is 4.79 Å². The lowest BCUT2D eigenvalue weighted by Gasteiger charge is -2.35. The molecule has 0 spiro atoms. The molecule has 0 radical (unpaired) electrons. The van der Waals surface area contributed by atoms with Gasteiger partial charge in [-0.15, -0.1) is 0 Å². The Balaban J connectivity index is 2.17.